The summed E-state index contributed by atoms with van der Waals surface area (Å²) in [4.78, 5) is 16.1. The molecule has 4 aromatic rings. The van der Waals surface area contributed by atoms with Gasteiger partial charge in [-0.2, -0.15) is 0 Å². The SMILES string of the molecule is CCc1c(-c2cc3cc(OCc4cccnc4)ccc3o2)oc(=O)c(C)c1O. The van der Waals surface area contributed by atoms with E-state index in [-0.39, 0.29) is 17.1 Å². The lowest BCUT2D eigenvalue weighted by atomic mass is 10.1. The van der Waals surface area contributed by atoms with Gasteiger partial charge in [0, 0.05) is 28.9 Å². The van der Waals surface area contributed by atoms with E-state index < -0.39 is 5.63 Å². The van der Waals surface area contributed by atoms with Crippen molar-refractivity contribution in [1.82, 2.24) is 4.98 Å². The fraction of sp³-hybridized carbons (Fsp3) is 0.182. The van der Waals surface area contributed by atoms with Gasteiger partial charge in [-0.1, -0.05) is 13.0 Å². The minimum atomic E-state index is -0.578. The average molecular weight is 377 g/mol. The molecule has 1 N–H and O–H groups in total. The van der Waals surface area contributed by atoms with Crippen LogP contribution < -0.4 is 10.4 Å². The molecule has 6 heteroatoms. The first-order valence-corrected chi connectivity index (χ1v) is 8.98. The Morgan fingerprint density at radius 2 is 2.04 bits per heavy atom. The molecular formula is C22H19NO5. The maximum Gasteiger partial charge on any atom is 0.343 e. The number of furan rings is 1. The van der Waals surface area contributed by atoms with Gasteiger partial charge in [0.15, 0.2) is 11.5 Å². The molecule has 0 saturated heterocycles. The van der Waals surface area contributed by atoms with E-state index in [0.717, 1.165) is 10.9 Å². The van der Waals surface area contributed by atoms with E-state index in [9.17, 15) is 9.90 Å². The third kappa shape index (κ3) is 3.24. The molecule has 0 bridgehead atoms. The molecule has 0 aliphatic rings. The van der Waals surface area contributed by atoms with Gasteiger partial charge in [0.2, 0.25) is 0 Å². The predicted molar refractivity (Wildman–Crippen MR) is 105 cm³/mol. The molecule has 4 rings (SSSR count). The van der Waals surface area contributed by atoms with Crippen molar-refractivity contribution in [3.63, 3.8) is 0 Å². The van der Waals surface area contributed by atoms with Crippen LogP contribution in [0.25, 0.3) is 22.5 Å². The van der Waals surface area contributed by atoms with E-state index in [4.69, 9.17) is 13.6 Å². The van der Waals surface area contributed by atoms with Gasteiger partial charge in [-0.3, -0.25) is 4.98 Å². The molecule has 0 unspecified atom stereocenters. The summed E-state index contributed by atoms with van der Waals surface area (Å²) in [5.74, 6) is 1.29. The number of hydrogen-bond donors (Lipinski definition) is 1. The zero-order valence-electron chi connectivity index (χ0n) is 15.6. The molecule has 1 aromatic carbocycles. The van der Waals surface area contributed by atoms with Gasteiger partial charge >= 0.3 is 5.63 Å². The van der Waals surface area contributed by atoms with E-state index in [1.807, 2.05) is 31.2 Å². The summed E-state index contributed by atoms with van der Waals surface area (Å²) >= 11 is 0. The second-order valence-corrected chi connectivity index (χ2v) is 6.48. The zero-order valence-corrected chi connectivity index (χ0v) is 15.6. The van der Waals surface area contributed by atoms with E-state index in [1.54, 1.807) is 24.5 Å². The van der Waals surface area contributed by atoms with Crippen molar-refractivity contribution in [2.45, 2.75) is 26.9 Å². The Balaban J connectivity index is 1.68. The van der Waals surface area contributed by atoms with Crippen LogP contribution in [0.2, 0.25) is 0 Å². The highest BCUT2D eigenvalue weighted by Gasteiger charge is 2.20. The molecule has 0 amide bonds. The van der Waals surface area contributed by atoms with Gasteiger partial charge in [-0.05, 0) is 43.7 Å². The quantitative estimate of drug-likeness (QED) is 0.547. The number of pyridine rings is 1. The molecule has 0 aliphatic carbocycles. The van der Waals surface area contributed by atoms with Gasteiger partial charge in [0.1, 0.15) is 23.7 Å². The number of nitrogens with zero attached hydrogens (tertiary/aromatic N) is 1. The van der Waals surface area contributed by atoms with Crippen LogP contribution >= 0.6 is 0 Å². The summed E-state index contributed by atoms with van der Waals surface area (Å²) in [6.07, 6.45) is 3.98. The van der Waals surface area contributed by atoms with Crippen LogP contribution in [0.1, 0.15) is 23.6 Å². The van der Waals surface area contributed by atoms with Gasteiger partial charge in [0.05, 0.1) is 5.56 Å². The topological polar surface area (TPSA) is 85.7 Å². The predicted octanol–water partition coefficient (Wildman–Crippen LogP) is 4.60. The molecule has 0 radical (unpaired) electrons. The highest BCUT2D eigenvalue weighted by atomic mass is 16.5. The van der Waals surface area contributed by atoms with Crippen molar-refractivity contribution in [3.8, 4) is 23.0 Å². The van der Waals surface area contributed by atoms with Crippen molar-refractivity contribution >= 4 is 11.0 Å². The average Bonchev–Trinajstić information content (AvgIpc) is 3.14. The van der Waals surface area contributed by atoms with Gasteiger partial charge in [-0.25, -0.2) is 4.79 Å². The van der Waals surface area contributed by atoms with E-state index in [2.05, 4.69) is 4.98 Å². The first kappa shape index (κ1) is 17.9. The Hall–Kier alpha value is -3.54. The molecule has 3 heterocycles. The highest BCUT2D eigenvalue weighted by molar-refractivity contribution is 5.84. The van der Waals surface area contributed by atoms with Gasteiger partial charge in [-0.15, -0.1) is 0 Å². The third-order valence-electron chi connectivity index (χ3n) is 4.61. The smallest absolute Gasteiger partial charge is 0.343 e. The molecule has 6 nitrogen and oxygen atoms in total. The summed E-state index contributed by atoms with van der Waals surface area (Å²) in [6.45, 7) is 3.82. The second-order valence-electron chi connectivity index (χ2n) is 6.48. The molecule has 0 atom stereocenters. The summed E-state index contributed by atoms with van der Waals surface area (Å²) in [5.41, 5.74) is 1.77. The zero-order chi connectivity index (χ0) is 19.7. The highest BCUT2D eigenvalue weighted by Crippen LogP contribution is 2.35. The lowest BCUT2D eigenvalue weighted by molar-refractivity contribution is 0.306. The van der Waals surface area contributed by atoms with Crippen LogP contribution in [0.5, 0.6) is 11.5 Å². The summed E-state index contributed by atoms with van der Waals surface area (Å²) in [5, 5.41) is 11.1. The van der Waals surface area contributed by atoms with Crippen LogP contribution in [0.15, 0.2) is 62.4 Å². The molecule has 0 saturated carbocycles. The monoisotopic (exact) mass is 377 g/mol. The van der Waals surface area contributed by atoms with Crippen molar-refractivity contribution in [1.29, 1.82) is 0 Å². The van der Waals surface area contributed by atoms with Crippen LogP contribution in [-0.2, 0) is 13.0 Å². The first-order chi connectivity index (χ1) is 13.6. The molecule has 0 spiro atoms. The Kier molecular flexibility index (Phi) is 4.61. The first-order valence-electron chi connectivity index (χ1n) is 8.98. The van der Waals surface area contributed by atoms with Gasteiger partial charge in [0.25, 0.3) is 0 Å². The Labute approximate surface area is 161 Å². The van der Waals surface area contributed by atoms with Crippen LogP contribution in [-0.4, -0.2) is 10.1 Å². The lowest BCUT2D eigenvalue weighted by Crippen LogP contribution is -2.06. The normalized spacial score (nSPS) is 11.1. The molecule has 0 fully saturated rings. The number of hydrogen-bond acceptors (Lipinski definition) is 6. The second kappa shape index (κ2) is 7.23. The van der Waals surface area contributed by atoms with Crippen molar-refractivity contribution in [3.05, 3.63) is 75.9 Å². The van der Waals surface area contributed by atoms with Crippen LogP contribution in [0.4, 0.5) is 0 Å². The van der Waals surface area contributed by atoms with Crippen molar-refractivity contribution in [2.24, 2.45) is 0 Å². The maximum absolute atomic E-state index is 12.0. The number of aromatic hydroxyl groups is 1. The molecule has 0 aliphatic heterocycles. The van der Waals surface area contributed by atoms with E-state index in [1.165, 1.54) is 6.92 Å². The molecule has 28 heavy (non-hydrogen) atoms. The minimum Gasteiger partial charge on any atom is -0.507 e. The Bertz CT molecular complexity index is 1190. The summed E-state index contributed by atoms with van der Waals surface area (Å²) in [7, 11) is 0. The van der Waals surface area contributed by atoms with E-state index >= 15 is 0 Å². The molecule has 142 valence electrons. The number of benzene rings is 1. The number of rotatable bonds is 5. The van der Waals surface area contributed by atoms with Gasteiger partial charge < -0.3 is 18.7 Å². The number of aromatic nitrogens is 1. The lowest BCUT2D eigenvalue weighted by Gasteiger charge is -2.07. The van der Waals surface area contributed by atoms with Crippen LogP contribution in [0, 0.1) is 6.92 Å². The minimum absolute atomic E-state index is 0.0466. The standard InChI is InChI=1S/C22H19NO5/c1-3-17-20(24)13(2)22(25)28-21(17)19-10-15-9-16(6-7-18(15)27-19)26-12-14-5-4-8-23-11-14/h4-11,24H,3,12H2,1-2H3. The van der Waals surface area contributed by atoms with E-state index in [0.29, 0.717) is 35.7 Å². The molecular weight excluding hydrogens is 358 g/mol. The third-order valence-corrected chi connectivity index (χ3v) is 4.61. The number of ether oxygens (including phenoxy) is 1. The fourth-order valence-electron chi connectivity index (χ4n) is 3.06. The maximum atomic E-state index is 12.0. The fourth-order valence-corrected chi connectivity index (χ4v) is 3.06. The summed E-state index contributed by atoms with van der Waals surface area (Å²) < 4.78 is 17.1. The number of fused-ring (bicyclic) bond motifs is 1. The molecule has 3 aromatic heterocycles. The summed E-state index contributed by atoms with van der Waals surface area (Å²) in [6, 6.07) is 11.1. The van der Waals surface area contributed by atoms with Crippen LogP contribution in [0.3, 0.4) is 0 Å². The van der Waals surface area contributed by atoms with Crippen molar-refractivity contribution < 1.29 is 18.7 Å². The van der Waals surface area contributed by atoms with Crippen molar-refractivity contribution in [2.75, 3.05) is 0 Å². The Morgan fingerprint density at radius 1 is 1.18 bits per heavy atom. The largest absolute Gasteiger partial charge is 0.507 e. The Morgan fingerprint density at radius 3 is 2.79 bits per heavy atom.